The number of hydrogen-bond acceptors (Lipinski definition) is 2. The van der Waals surface area contributed by atoms with Crippen LogP contribution in [0.3, 0.4) is 0 Å². The van der Waals surface area contributed by atoms with Gasteiger partial charge in [0.2, 0.25) is 0 Å². The minimum Gasteiger partial charge on any atom is -0.248 e. The van der Waals surface area contributed by atoms with Gasteiger partial charge in [-0.25, -0.2) is 5.41 Å². The Labute approximate surface area is 49.6 Å². The van der Waals surface area contributed by atoms with Crippen LogP contribution in [0.2, 0.25) is 0 Å². The molecule has 0 radical (unpaired) electrons. The zero-order chi connectivity index (χ0) is 6.28. The second kappa shape index (κ2) is 9.11. The van der Waals surface area contributed by atoms with Crippen molar-refractivity contribution in [1.82, 2.24) is 0 Å². The summed E-state index contributed by atoms with van der Waals surface area (Å²) in [5, 5.41) is 7.36. The van der Waals surface area contributed by atoms with E-state index in [2.05, 4.69) is 18.8 Å². The van der Waals surface area contributed by atoms with E-state index in [4.69, 9.17) is 5.41 Å². The first-order valence-corrected chi connectivity index (χ1v) is 2.22. The number of rotatable bonds is 0. The summed E-state index contributed by atoms with van der Waals surface area (Å²) >= 11 is 3.81. The first kappa shape index (κ1) is 9.74. The summed E-state index contributed by atoms with van der Waals surface area (Å²) in [5.41, 5.74) is 1.17. The average molecular weight is 115 g/mol. The predicted octanol–water partition coefficient (Wildman–Crippen LogP) is 2.25. The molecule has 0 fully saturated rings. The molecule has 0 aliphatic carbocycles. The minimum atomic E-state index is 1.17. The standard InChI is InChI=1S/C4H8.CHNS/c1-4(2)3;2-1-3/h1H2,2-3H3;2H. The van der Waals surface area contributed by atoms with Gasteiger partial charge < -0.3 is 0 Å². The molecule has 0 aromatic heterocycles. The molecule has 0 saturated carbocycles. The Morgan fingerprint density at radius 1 is 1.71 bits per heavy atom. The lowest BCUT2D eigenvalue weighted by Gasteiger charge is -1.65. The molecule has 40 valence electrons. The molecule has 0 saturated heterocycles. The molecular weight excluding hydrogens is 106 g/mol. The molecule has 0 unspecified atom stereocenters. The van der Waals surface area contributed by atoms with Gasteiger partial charge in [-0.2, -0.15) is 0 Å². The fourth-order valence-corrected chi connectivity index (χ4v) is 0. The van der Waals surface area contributed by atoms with Crippen LogP contribution in [0.4, 0.5) is 0 Å². The Balaban J connectivity index is 0. The molecule has 0 bridgehead atoms. The van der Waals surface area contributed by atoms with Crippen molar-refractivity contribution in [3.63, 3.8) is 0 Å². The van der Waals surface area contributed by atoms with E-state index in [1.165, 1.54) is 5.57 Å². The highest BCUT2D eigenvalue weighted by molar-refractivity contribution is 7.78. The molecule has 0 aliphatic heterocycles. The lowest BCUT2D eigenvalue weighted by Crippen LogP contribution is -1.43. The minimum absolute atomic E-state index is 1.17. The van der Waals surface area contributed by atoms with Gasteiger partial charge in [-0.05, 0) is 26.1 Å². The van der Waals surface area contributed by atoms with Crippen molar-refractivity contribution in [3.8, 4) is 0 Å². The van der Waals surface area contributed by atoms with E-state index >= 15 is 0 Å². The summed E-state index contributed by atoms with van der Waals surface area (Å²) in [5.74, 6) is 0. The normalized spacial score (nSPS) is 4.86. The number of isothiocyanates is 1. The van der Waals surface area contributed by atoms with Crippen molar-refractivity contribution in [2.75, 3.05) is 0 Å². The lowest BCUT2D eigenvalue weighted by atomic mass is 10.4. The van der Waals surface area contributed by atoms with Gasteiger partial charge in [0.1, 0.15) is 0 Å². The third kappa shape index (κ3) is 328. The number of nitrogens with one attached hydrogen (secondary N) is 1. The summed E-state index contributed by atoms with van der Waals surface area (Å²) in [6.45, 7) is 7.50. The SMILES string of the molecule is C=C(C)C.N=C=S. The van der Waals surface area contributed by atoms with Gasteiger partial charge >= 0.3 is 0 Å². The van der Waals surface area contributed by atoms with Crippen molar-refractivity contribution in [3.05, 3.63) is 12.2 Å². The van der Waals surface area contributed by atoms with Gasteiger partial charge in [0, 0.05) is 0 Å². The molecule has 7 heavy (non-hydrogen) atoms. The van der Waals surface area contributed by atoms with E-state index in [1.54, 1.807) is 5.16 Å². The largest absolute Gasteiger partial charge is 0.248 e. The second-order valence-electron chi connectivity index (χ2n) is 1.31. The van der Waals surface area contributed by atoms with Crippen molar-refractivity contribution in [2.45, 2.75) is 13.8 Å². The van der Waals surface area contributed by atoms with Crippen LogP contribution in [0.15, 0.2) is 12.2 Å². The van der Waals surface area contributed by atoms with Crippen molar-refractivity contribution in [2.24, 2.45) is 0 Å². The van der Waals surface area contributed by atoms with Gasteiger partial charge in [0.05, 0.1) is 5.16 Å². The Morgan fingerprint density at radius 2 is 1.71 bits per heavy atom. The lowest BCUT2D eigenvalue weighted by molar-refractivity contribution is 1.42. The average Bonchev–Trinajstić information content (AvgIpc) is 1.33. The van der Waals surface area contributed by atoms with E-state index in [0.717, 1.165) is 0 Å². The van der Waals surface area contributed by atoms with Crippen molar-refractivity contribution in [1.29, 1.82) is 5.41 Å². The highest BCUT2D eigenvalue weighted by atomic mass is 32.1. The Morgan fingerprint density at radius 3 is 1.71 bits per heavy atom. The molecular formula is C5H9NS. The first-order chi connectivity index (χ1) is 3.15. The smallest absolute Gasteiger partial charge is 0.0554 e. The van der Waals surface area contributed by atoms with Gasteiger partial charge in [-0.15, -0.1) is 6.58 Å². The number of allylic oxidation sites excluding steroid dienone is 1. The maximum atomic E-state index is 5.77. The maximum absolute atomic E-state index is 5.77. The molecule has 0 aliphatic rings. The summed E-state index contributed by atoms with van der Waals surface area (Å²) in [6.07, 6.45) is 0. The highest BCUT2D eigenvalue weighted by Crippen LogP contribution is 1.73. The quantitative estimate of drug-likeness (QED) is 0.292. The third-order valence-electron chi connectivity index (χ3n) is 0. The van der Waals surface area contributed by atoms with Gasteiger partial charge in [0.25, 0.3) is 0 Å². The van der Waals surface area contributed by atoms with E-state index in [0.29, 0.717) is 0 Å². The number of thiocarbonyl (C=S) groups is 1. The van der Waals surface area contributed by atoms with Crippen LogP contribution in [0.5, 0.6) is 0 Å². The Kier molecular flexibility index (Phi) is 12.7. The molecule has 0 aromatic carbocycles. The van der Waals surface area contributed by atoms with Crippen LogP contribution >= 0.6 is 12.2 Å². The van der Waals surface area contributed by atoms with Crippen LogP contribution in [0.1, 0.15) is 13.8 Å². The molecule has 0 amide bonds. The maximum Gasteiger partial charge on any atom is 0.0554 e. The summed E-state index contributed by atoms with van der Waals surface area (Å²) < 4.78 is 0. The molecule has 0 atom stereocenters. The Hall–Kier alpha value is -0.460. The van der Waals surface area contributed by atoms with Gasteiger partial charge in [-0.3, -0.25) is 0 Å². The summed E-state index contributed by atoms with van der Waals surface area (Å²) in [6, 6.07) is 0. The van der Waals surface area contributed by atoms with E-state index in [9.17, 15) is 0 Å². The van der Waals surface area contributed by atoms with Crippen molar-refractivity contribution < 1.29 is 0 Å². The predicted molar refractivity (Wildman–Crippen MR) is 35.8 cm³/mol. The zero-order valence-corrected chi connectivity index (χ0v) is 5.43. The van der Waals surface area contributed by atoms with Crippen LogP contribution in [0, 0.1) is 5.41 Å². The fraction of sp³-hybridized carbons (Fsp3) is 0.400. The first-order valence-electron chi connectivity index (χ1n) is 1.81. The fourth-order valence-electron chi connectivity index (χ4n) is 0. The summed E-state index contributed by atoms with van der Waals surface area (Å²) in [7, 11) is 0. The third-order valence-corrected chi connectivity index (χ3v) is 0. The highest BCUT2D eigenvalue weighted by Gasteiger charge is 1.51. The molecule has 0 spiro atoms. The monoisotopic (exact) mass is 115 g/mol. The summed E-state index contributed by atoms with van der Waals surface area (Å²) in [4.78, 5) is 0. The zero-order valence-electron chi connectivity index (χ0n) is 4.62. The van der Waals surface area contributed by atoms with Crippen LogP contribution < -0.4 is 0 Å². The van der Waals surface area contributed by atoms with Gasteiger partial charge in [0.15, 0.2) is 0 Å². The van der Waals surface area contributed by atoms with Crippen LogP contribution in [-0.2, 0) is 0 Å². The molecule has 0 rings (SSSR count). The van der Waals surface area contributed by atoms with Crippen molar-refractivity contribution >= 4 is 17.4 Å². The van der Waals surface area contributed by atoms with E-state index < -0.39 is 0 Å². The van der Waals surface area contributed by atoms with Gasteiger partial charge in [-0.1, -0.05) is 5.57 Å². The van der Waals surface area contributed by atoms with E-state index in [-0.39, 0.29) is 0 Å². The molecule has 0 heterocycles. The van der Waals surface area contributed by atoms with E-state index in [1.807, 2.05) is 13.8 Å². The van der Waals surface area contributed by atoms with Crippen LogP contribution in [-0.4, -0.2) is 5.16 Å². The molecule has 1 N–H and O–H groups in total. The molecule has 0 aromatic rings. The molecule has 1 nitrogen and oxygen atoms in total. The Bertz CT molecular complexity index is 76.1. The topological polar surface area (TPSA) is 23.9 Å². The second-order valence-corrected chi connectivity index (χ2v) is 1.51. The number of hydrogen-bond donors (Lipinski definition) is 1. The van der Waals surface area contributed by atoms with Crippen LogP contribution in [0.25, 0.3) is 0 Å². The molecule has 2 heteroatoms.